The monoisotopic (exact) mass is 178 g/mol. The molecule has 0 aliphatic heterocycles. The second kappa shape index (κ2) is 7.34. The Labute approximate surface area is 74.0 Å². The van der Waals surface area contributed by atoms with E-state index in [1.54, 1.807) is 12.7 Å². The Morgan fingerprint density at radius 3 is 1.27 bits per heavy atom. The summed E-state index contributed by atoms with van der Waals surface area (Å²) in [4.78, 5) is 3.65. The molecule has 0 aliphatic rings. The van der Waals surface area contributed by atoms with E-state index in [4.69, 9.17) is 0 Å². The Hall–Kier alpha value is -0.770. The highest BCUT2D eigenvalue weighted by Gasteiger charge is 1.74. The number of nitrogens with zero attached hydrogens (tertiary/aromatic N) is 4. The van der Waals surface area contributed by atoms with Crippen LogP contribution in [0.2, 0.25) is 0 Å². The number of hydrogen-bond donors (Lipinski definition) is 0. The minimum absolute atomic E-state index is 0. The first kappa shape index (κ1) is 12.9. The van der Waals surface area contributed by atoms with Crippen LogP contribution in [0.1, 0.15) is 0 Å². The van der Waals surface area contributed by atoms with Crippen LogP contribution in [-0.4, -0.2) is 50.7 Å². The summed E-state index contributed by atoms with van der Waals surface area (Å²) in [6, 6.07) is 0. The van der Waals surface area contributed by atoms with Crippen LogP contribution in [0.5, 0.6) is 0 Å². The van der Waals surface area contributed by atoms with Crippen LogP contribution in [0.25, 0.3) is 0 Å². The lowest BCUT2D eigenvalue weighted by Crippen LogP contribution is -2.09. The van der Waals surface area contributed by atoms with Crippen molar-refractivity contribution in [3.63, 3.8) is 0 Å². The molecular formula is C6H15ClN4. The number of hydrogen-bond acceptors (Lipinski definition) is 2. The lowest BCUT2D eigenvalue weighted by molar-refractivity contribution is 0.631. The summed E-state index contributed by atoms with van der Waals surface area (Å²) in [7, 11) is 7.59. The molecule has 0 bridgehead atoms. The standard InChI is InChI=1S/C6H14N4.ClH/c1-9(2)5-7-8-6-10(3)4;/h5-6H,1-4H3;1H/b7-5-,8-6-;. The molecule has 0 aliphatic carbocycles. The van der Waals surface area contributed by atoms with Gasteiger partial charge in [-0.3, -0.25) is 0 Å². The van der Waals surface area contributed by atoms with Crippen LogP contribution in [0.4, 0.5) is 0 Å². The van der Waals surface area contributed by atoms with Crippen molar-refractivity contribution in [3.05, 3.63) is 0 Å². The van der Waals surface area contributed by atoms with Crippen molar-refractivity contribution in [1.29, 1.82) is 0 Å². The first-order valence-electron chi connectivity index (χ1n) is 3.02. The summed E-state index contributed by atoms with van der Waals surface area (Å²) >= 11 is 0. The van der Waals surface area contributed by atoms with Crippen molar-refractivity contribution >= 4 is 25.1 Å². The van der Waals surface area contributed by atoms with Gasteiger partial charge in [-0.05, 0) is 0 Å². The summed E-state index contributed by atoms with van der Waals surface area (Å²) < 4.78 is 0. The lowest BCUT2D eigenvalue weighted by Gasteiger charge is -2.01. The Balaban J connectivity index is 0. The fourth-order valence-electron chi connectivity index (χ4n) is 0.266. The zero-order valence-corrected chi connectivity index (χ0v) is 8.17. The summed E-state index contributed by atoms with van der Waals surface area (Å²) in [5, 5.41) is 7.48. The first-order chi connectivity index (χ1) is 4.63. The number of rotatable bonds is 3. The van der Waals surface area contributed by atoms with Crippen LogP contribution in [0.15, 0.2) is 10.2 Å². The molecule has 0 heterocycles. The van der Waals surface area contributed by atoms with Gasteiger partial charge in [0, 0.05) is 28.2 Å². The van der Waals surface area contributed by atoms with Gasteiger partial charge in [0.15, 0.2) is 0 Å². The van der Waals surface area contributed by atoms with Crippen molar-refractivity contribution in [2.45, 2.75) is 0 Å². The molecule has 5 heteroatoms. The molecule has 0 saturated carbocycles. The van der Waals surface area contributed by atoms with E-state index in [9.17, 15) is 0 Å². The van der Waals surface area contributed by atoms with Crippen LogP contribution >= 0.6 is 12.4 Å². The molecule has 0 rings (SSSR count). The molecule has 0 aromatic rings. The molecule has 4 nitrogen and oxygen atoms in total. The third-order valence-electron chi connectivity index (χ3n) is 0.632. The molecule has 0 N–H and O–H groups in total. The molecule has 11 heavy (non-hydrogen) atoms. The summed E-state index contributed by atoms with van der Waals surface area (Å²) in [6.07, 6.45) is 3.28. The van der Waals surface area contributed by atoms with Gasteiger partial charge in [0.25, 0.3) is 0 Å². The zero-order valence-electron chi connectivity index (χ0n) is 7.35. The van der Waals surface area contributed by atoms with E-state index in [0.717, 1.165) is 0 Å². The summed E-state index contributed by atoms with van der Waals surface area (Å²) in [6.45, 7) is 0. The normalized spacial score (nSPS) is 10.2. The maximum Gasteiger partial charge on any atom is 0.113 e. The second-order valence-electron chi connectivity index (χ2n) is 2.39. The average Bonchev–Trinajstić information content (AvgIpc) is 1.79. The van der Waals surface area contributed by atoms with Gasteiger partial charge in [0.1, 0.15) is 12.7 Å². The molecule has 0 saturated heterocycles. The van der Waals surface area contributed by atoms with E-state index in [2.05, 4.69) is 10.2 Å². The topological polar surface area (TPSA) is 31.2 Å². The zero-order chi connectivity index (χ0) is 7.98. The molecule has 0 spiro atoms. The molecule has 0 fully saturated rings. The Bertz CT molecular complexity index is 115. The van der Waals surface area contributed by atoms with Gasteiger partial charge in [-0.2, -0.15) is 0 Å². The minimum Gasteiger partial charge on any atom is -0.367 e. The van der Waals surface area contributed by atoms with Gasteiger partial charge in [0.2, 0.25) is 0 Å². The van der Waals surface area contributed by atoms with Gasteiger partial charge < -0.3 is 9.80 Å². The molecule has 0 amide bonds. The highest BCUT2D eigenvalue weighted by Crippen LogP contribution is 1.71. The second-order valence-corrected chi connectivity index (χ2v) is 2.39. The first-order valence-corrected chi connectivity index (χ1v) is 3.02. The van der Waals surface area contributed by atoms with E-state index >= 15 is 0 Å². The lowest BCUT2D eigenvalue weighted by atomic mass is 10.9. The maximum atomic E-state index is 3.74. The van der Waals surface area contributed by atoms with Crippen LogP contribution in [0, 0.1) is 0 Å². The fourth-order valence-corrected chi connectivity index (χ4v) is 0.266. The molecule has 0 aromatic carbocycles. The Kier molecular flexibility index (Phi) is 8.58. The smallest absolute Gasteiger partial charge is 0.113 e. The molecule has 0 atom stereocenters. The Morgan fingerprint density at radius 2 is 1.09 bits per heavy atom. The van der Waals surface area contributed by atoms with Crippen molar-refractivity contribution in [2.75, 3.05) is 28.2 Å². The minimum atomic E-state index is 0. The van der Waals surface area contributed by atoms with Crippen molar-refractivity contribution in [2.24, 2.45) is 10.2 Å². The van der Waals surface area contributed by atoms with Crippen LogP contribution in [0.3, 0.4) is 0 Å². The van der Waals surface area contributed by atoms with Crippen molar-refractivity contribution < 1.29 is 0 Å². The molecular weight excluding hydrogens is 164 g/mol. The molecule has 0 unspecified atom stereocenters. The van der Waals surface area contributed by atoms with E-state index < -0.39 is 0 Å². The van der Waals surface area contributed by atoms with Crippen molar-refractivity contribution in [3.8, 4) is 0 Å². The van der Waals surface area contributed by atoms with Gasteiger partial charge in [-0.15, -0.1) is 22.6 Å². The average molecular weight is 179 g/mol. The van der Waals surface area contributed by atoms with E-state index in [1.807, 2.05) is 38.0 Å². The maximum absolute atomic E-state index is 3.74. The Morgan fingerprint density at radius 1 is 0.818 bits per heavy atom. The highest BCUT2D eigenvalue weighted by atomic mass is 35.5. The van der Waals surface area contributed by atoms with Crippen molar-refractivity contribution in [1.82, 2.24) is 9.80 Å². The molecule has 0 radical (unpaired) electrons. The van der Waals surface area contributed by atoms with Crippen LogP contribution < -0.4 is 0 Å². The third-order valence-corrected chi connectivity index (χ3v) is 0.632. The third kappa shape index (κ3) is 12.4. The van der Waals surface area contributed by atoms with Gasteiger partial charge >= 0.3 is 0 Å². The SMILES string of the molecule is CN(C)/C=N\N=C/N(C)C.Cl. The van der Waals surface area contributed by atoms with E-state index in [1.165, 1.54) is 0 Å². The molecule has 66 valence electrons. The van der Waals surface area contributed by atoms with E-state index in [-0.39, 0.29) is 12.4 Å². The summed E-state index contributed by atoms with van der Waals surface area (Å²) in [5.41, 5.74) is 0. The van der Waals surface area contributed by atoms with Crippen LogP contribution in [-0.2, 0) is 0 Å². The fraction of sp³-hybridized carbons (Fsp3) is 0.667. The predicted molar refractivity (Wildman–Crippen MR) is 51.6 cm³/mol. The largest absolute Gasteiger partial charge is 0.367 e. The highest BCUT2D eigenvalue weighted by molar-refractivity contribution is 5.85. The number of halogens is 1. The van der Waals surface area contributed by atoms with Gasteiger partial charge in [0.05, 0.1) is 0 Å². The van der Waals surface area contributed by atoms with E-state index in [0.29, 0.717) is 0 Å². The summed E-state index contributed by atoms with van der Waals surface area (Å²) in [5.74, 6) is 0. The van der Waals surface area contributed by atoms with Gasteiger partial charge in [-0.1, -0.05) is 0 Å². The predicted octanol–water partition coefficient (Wildman–Crippen LogP) is 0.503. The quantitative estimate of drug-likeness (QED) is 0.358. The van der Waals surface area contributed by atoms with Gasteiger partial charge in [-0.25, -0.2) is 0 Å². The molecule has 0 aromatic heterocycles.